The number of allylic oxidation sites excluding steroid dienone is 1. The standard InChI is InChI=1S/C21H23BrN2O2/c1-5-20(22)24(13-11-17-8-6-15(2)7-9-17)16(3)19-14-18(10-12-23-19)21(25)26-4/h5-10,12,14H,3,11,13H2,1-2,4H3/b20-5-. The van der Waals surface area contributed by atoms with Crippen molar-refractivity contribution in [1.82, 2.24) is 9.88 Å². The molecule has 0 unspecified atom stereocenters. The van der Waals surface area contributed by atoms with Gasteiger partial charge < -0.3 is 9.64 Å². The second kappa shape index (κ2) is 9.34. The molecule has 1 aromatic carbocycles. The van der Waals surface area contributed by atoms with Gasteiger partial charge >= 0.3 is 5.97 Å². The summed E-state index contributed by atoms with van der Waals surface area (Å²) in [5.74, 6) is -0.391. The van der Waals surface area contributed by atoms with E-state index in [9.17, 15) is 4.79 Å². The Labute approximate surface area is 163 Å². The van der Waals surface area contributed by atoms with E-state index in [4.69, 9.17) is 4.74 Å². The van der Waals surface area contributed by atoms with Gasteiger partial charge in [-0.15, -0.1) is 0 Å². The predicted molar refractivity (Wildman–Crippen MR) is 109 cm³/mol. The molecule has 1 aromatic heterocycles. The van der Waals surface area contributed by atoms with Crippen molar-refractivity contribution in [2.24, 2.45) is 0 Å². The highest BCUT2D eigenvalue weighted by Gasteiger charge is 2.16. The zero-order valence-electron chi connectivity index (χ0n) is 15.3. The summed E-state index contributed by atoms with van der Waals surface area (Å²) in [5.41, 5.74) is 4.30. The first-order chi connectivity index (χ1) is 12.5. The van der Waals surface area contributed by atoms with Crippen LogP contribution in [0.25, 0.3) is 5.70 Å². The van der Waals surface area contributed by atoms with Gasteiger partial charge in [0, 0.05) is 12.7 Å². The molecule has 4 nitrogen and oxygen atoms in total. The number of hydrogen-bond acceptors (Lipinski definition) is 4. The van der Waals surface area contributed by atoms with Crippen LogP contribution in [0.3, 0.4) is 0 Å². The third-order valence-electron chi connectivity index (χ3n) is 4.04. The second-order valence-corrected chi connectivity index (χ2v) is 6.68. The molecule has 1 heterocycles. The van der Waals surface area contributed by atoms with Crippen LogP contribution in [0.4, 0.5) is 0 Å². The zero-order valence-corrected chi connectivity index (χ0v) is 16.9. The maximum absolute atomic E-state index is 11.8. The first-order valence-corrected chi connectivity index (χ1v) is 9.14. The van der Waals surface area contributed by atoms with Crippen LogP contribution in [0.2, 0.25) is 0 Å². The van der Waals surface area contributed by atoms with Gasteiger partial charge in [-0.1, -0.05) is 42.5 Å². The Balaban J connectivity index is 2.22. The van der Waals surface area contributed by atoms with Gasteiger partial charge in [-0.3, -0.25) is 4.98 Å². The fourth-order valence-electron chi connectivity index (χ4n) is 2.49. The smallest absolute Gasteiger partial charge is 0.337 e. The van der Waals surface area contributed by atoms with Crippen LogP contribution in [0.1, 0.15) is 34.1 Å². The highest BCUT2D eigenvalue weighted by atomic mass is 79.9. The molecule has 0 bridgehead atoms. The van der Waals surface area contributed by atoms with Crippen LogP contribution in [0, 0.1) is 6.92 Å². The number of methoxy groups -OCH3 is 1. The molecule has 0 fully saturated rings. The van der Waals surface area contributed by atoms with Crippen molar-refractivity contribution in [1.29, 1.82) is 0 Å². The lowest BCUT2D eigenvalue weighted by Gasteiger charge is -2.26. The molecule has 0 saturated carbocycles. The molecule has 0 atom stereocenters. The van der Waals surface area contributed by atoms with Crippen molar-refractivity contribution in [2.45, 2.75) is 20.3 Å². The molecule has 0 radical (unpaired) electrons. The van der Waals surface area contributed by atoms with Crippen molar-refractivity contribution in [3.63, 3.8) is 0 Å². The number of carbonyl (C=O) groups excluding carboxylic acids is 1. The Morgan fingerprint density at radius 1 is 1.31 bits per heavy atom. The van der Waals surface area contributed by atoms with Crippen molar-refractivity contribution in [2.75, 3.05) is 13.7 Å². The summed E-state index contributed by atoms with van der Waals surface area (Å²) in [5, 5.41) is 0. The lowest BCUT2D eigenvalue weighted by atomic mass is 10.1. The maximum atomic E-state index is 11.8. The molecular weight excluding hydrogens is 392 g/mol. The van der Waals surface area contributed by atoms with Gasteiger partial charge in [0.2, 0.25) is 0 Å². The Morgan fingerprint density at radius 2 is 2.00 bits per heavy atom. The summed E-state index contributed by atoms with van der Waals surface area (Å²) in [4.78, 5) is 18.2. The van der Waals surface area contributed by atoms with E-state index in [2.05, 4.69) is 58.7 Å². The molecule has 0 spiro atoms. The minimum Gasteiger partial charge on any atom is -0.465 e. The van der Waals surface area contributed by atoms with Crippen LogP contribution in [0.5, 0.6) is 0 Å². The third kappa shape index (κ3) is 5.05. The monoisotopic (exact) mass is 414 g/mol. The molecule has 0 aliphatic heterocycles. The topological polar surface area (TPSA) is 42.4 Å². The number of esters is 1. The molecule has 2 rings (SSSR count). The molecule has 136 valence electrons. The van der Waals surface area contributed by atoms with Gasteiger partial charge in [0.15, 0.2) is 0 Å². The summed E-state index contributed by atoms with van der Waals surface area (Å²) in [6.45, 7) is 8.95. The summed E-state index contributed by atoms with van der Waals surface area (Å²) in [7, 11) is 1.36. The number of rotatable bonds is 7. The quantitative estimate of drug-likeness (QED) is 0.474. The molecule has 26 heavy (non-hydrogen) atoms. The number of aromatic nitrogens is 1. The summed E-state index contributed by atoms with van der Waals surface area (Å²) in [6, 6.07) is 11.8. The highest BCUT2D eigenvalue weighted by Crippen LogP contribution is 2.25. The number of ether oxygens (including phenoxy) is 1. The van der Waals surface area contributed by atoms with Gasteiger partial charge in [-0.05, 0) is 53.9 Å². The number of benzene rings is 1. The van der Waals surface area contributed by atoms with Gasteiger partial charge in [-0.2, -0.15) is 0 Å². The Hall–Kier alpha value is -2.40. The normalized spacial score (nSPS) is 11.2. The summed E-state index contributed by atoms with van der Waals surface area (Å²) >= 11 is 3.59. The van der Waals surface area contributed by atoms with E-state index in [1.54, 1.807) is 18.3 Å². The van der Waals surface area contributed by atoms with Crippen molar-refractivity contribution < 1.29 is 9.53 Å². The van der Waals surface area contributed by atoms with Gasteiger partial charge in [0.1, 0.15) is 0 Å². The molecule has 0 N–H and O–H groups in total. The number of carbonyl (C=O) groups is 1. The summed E-state index contributed by atoms with van der Waals surface area (Å²) < 4.78 is 5.69. The average Bonchev–Trinajstić information content (AvgIpc) is 2.68. The lowest BCUT2D eigenvalue weighted by Crippen LogP contribution is -2.22. The SMILES string of the molecule is C=C(c1cc(C(=O)OC)ccn1)N(CCc1ccc(C)cc1)/C(Br)=C\C. The van der Waals surface area contributed by atoms with Gasteiger partial charge in [-0.25, -0.2) is 4.79 Å². The Kier molecular flexibility index (Phi) is 7.16. The van der Waals surface area contributed by atoms with Crippen LogP contribution >= 0.6 is 15.9 Å². The van der Waals surface area contributed by atoms with E-state index < -0.39 is 5.97 Å². The van der Waals surface area contributed by atoms with Gasteiger partial charge in [0.05, 0.1) is 28.7 Å². The van der Waals surface area contributed by atoms with Crippen LogP contribution in [-0.4, -0.2) is 29.5 Å². The fraction of sp³-hybridized carbons (Fsp3) is 0.238. The third-order valence-corrected chi connectivity index (χ3v) is 4.93. The number of hydrogen-bond donors (Lipinski definition) is 0. The maximum Gasteiger partial charge on any atom is 0.337 e. The van der Waals surface area contributed by atoms with E-state index >= 15 is 0 Å². The first-order valence-electron chi connectivity index (χ1n) is 8.34. The number of pyridine rings is 1. The first kappa shape index (κ1) is 19.9. The number of nitrogens with zero attached hydrogens (tertiary/aromatic N) is 2. The zero-order chi connectivity index (χ0) is 19.1. The van der Waals surface area contributed by atoms with E-state index in [0.717, 1.165) is 17.6 Å². The molecule has 2 aromatic rings. The lowest BCUT2D eigenvalue weighted by molar-refractivity contribution is 0.0600. The molecule has 0 aliphatic carbocycles. The molecule has 0 amide bonds. The molecule has 0 aliphatic rings. The minimum absolute atomic E-state index is 0.391. The van der Waals surface area contributed by atoms with E-state index in [-0.39, 0.29) is 0 Å². The number of halogens is 1. The fourth-order valence-corrected chi connectivity index (χ4v) is 2.88. The van der Waals surface area contributed by atoms with Crippen molar-refractivity contribution in [3.8, 4) is 0 Å². The van der Waals surface area contributed by atoms with Crippen LogP contribution < -0.4 is 0 Å². The van der Waals surface area contributed by atoms with Crippen molar-refractivity contribution in [3.05, 3.63) is 82.2 Å². The second-order valence-electron chi connectivity index (χ2n) is 5.87. The highest BCUT2D eigenvalue weighted by molar-refractivity contribution is 9.11. The summed E-state index contributed by atoms with van der Waals surface area (Å²) in [6.07, 6.45) is 4.41. The molecular formula is C21H23BrN2O2. The van der Waals surface area contributed by atoms with E-state index in [1.165, 1.54) is 18.2 Å². The Morgan fingerprint density at radius 3 is 2.62 bits per heavy atom. The largest absolute Gasteiger partial charge is 0.465 e. The molecule has 0 saturated heterocycles. The van der Waals surface area contributed by atoms with E-state index in [0.29, 0.717) is 17.0 Å². The van der Waals surface area contributed by atoms with E-state index in [1.807, 2.05) is 17.9 Å². The Bertz CT molecular complexity index is 813. The van der Waals surface area contributed by atoms with Crippen LogP contribution in [-0.2, 0) is 11.2 Å². The van der Waals surface area contributed by atoms with Gasteiger partial charge in [0.25, 0.3) is 0 Å². The minimum atomic E-state index is -0.391. The van der Waals surface area contributed by atoms with Crippen LogP contribution in [0.15, 0.2) is 59.9 Å². The number of aryl methyl sites for hydroxylation is 1. The van der Waals surface area contributed by atoms with Crippen molar-refractivity contribution >= 4 is 27.6 Å². The average molecular weight is 415 g/mol. The predicted octanol–water partition coefficient (Wildman–Crippen LogP) is 4.95. The molecule has 5 heteroatoms.